The van der Waals surface area contributed by atoms with E-state index in [0.717, 1.165) is 0 Å². The molecule has 1 aromatic carbocycles. The lowest BCUT2D eigenvalue weighted by Gasteiger charge is -2.49. The molecule has 0 spiro atoms. The molecule has 0 bridgehead atoms. The number of benzene rings is 1. The van der Waals surface area contributed by atoms with Gasteiger partial charge in [0.05, 0.1) is 36.1 Å². The van der Waals surface area contributed by atoms with Crippen LogP contribution in [-0.2, 0) is 14.0 Å². The van der Waals surface area contributed by atoms with Crippen LogP contribution in [0.2, 0.25) is 13.1 Å². The molecule has 1 aromatic rings. The van der Waals surface area contributed by atoms with Gasteiger partial charge in [-0.25, -0.2) is 4.79 Å². The summed E-state index contributed by atoms with van der Waals surface area (Å²) in [6, 6.07) is 4.39. The van der Waals surface area contributed by atoms with Gasteiger partial charge in [0.2, 0.25) is 5.91 Å². The molecule has 1 amide bonds. The van der Waals surface area contributed by atoms with Crippen LogP contribution < -0.4 is 10.1 Å². The number of hydrogen-bond donors (Lipinski definition) is 1. The second-order valence-corrected chi connectivity index (χ2v) is 11.8. The molecule has 1 N–H and O–H groups in total. The minimum Gasteiger partial charge on any atom is -0.492 e. The minimum absolute atomic E-state index is 0.0123. The van der Waals surface area contributed by atoms with Crippen molar-refractivity contribution < 1.29 is 28.3 Å². The number of ether oxygens (including phenoxy) is 2. The fourth-order valence-electron chi connectivity index (χ4n) is 4.20. The largest absolute Gasteiger partial charge is 0.492 e. The molecule has 1 fully saturated rings. The third kappa shape index (κ3) is 4.30. The molecule has 2 aliphatic rings. The van der Waals surface area contributed by atoms with Crippen molar-refractivity contribution in [1.29, 1.82) is 0 Å². The van der Waals surface area contributed by atoms with Gasteiger partial charge in [-0.1, -0.05) is 20.8 Å². The molecule has 30 heavy (non-hydrogen) atoms. The number of rotatable bonds is 6. The predicted molar refractivity (Wildman–Crippen MR) is 114 cm³/mol. The zero-order valence-corrected chi connectivity index (χ0v) is 19.6. The fraction of sp³-hybridized carbons (Fsp3) is 0.591. The van der Waals surface area contributed by atoms with Gasteiger partial charge in [0.25, 0.3) is 0 Å². The van der Waals surface area contributed by atoms with E-state index >= 15 is 0 Å². The van der Waals surface area contributed by atoms with E-state index in [4.69, 9.17) is 13.9 Å². The zero-order valence-electron chi connectivity index (χ0n) is 18.5. The number of β-lactam (4-membered cyclic amide) rings is 1. The number of ketones is 1. The third-order valence-corrected chi connectivity index (χ3v) is 6.87. The molecule has 2 heterocycles. The summed E-state index contributed by atoms with van der Waals surface area (Å²) in [7, 11) is 0.0534. The third-order valence-electron chi connectivity index (χ3n) is 6.01. The summed E-state index contributed by atoms with van der Waals surface area (Å²) in [6.45, 7) is 11.2. The molecule has 0 radical (unpaired) electrons. The first-order chi connectivity index (χ1) is 14.0. The molecule has 0 aromatic heterocycles. The van der Waals surface area contributed by atoms with E-state index in [2.05, 4.69) is 39.2 Å². The van der Waals surface area contributed by atoms with Gasteiger partial charge in [-0.2, -0.15) is 0 Å². The van der Waals surface area contributed by atoms with Crippen molar-refractivity contribution in [1.82, 2.24) is 5.32 Å². The Balaban J connectivity index is 1.86. The van der Waals surface area contributed by atoms with Crippen LogP contribution in [0.15, 0.2) is 18.2 Å². The van der Waals surface area contributed by atoms with Crippen molar-refractivity contribution >= 4 is 26.7 Å². The van der Waals surface area contributed by atoms with Crippen molar-refractivity contribution in [3.05, 3.63) is 29.3 Å². The minimum atomic E-state index is -1.24. The van der Waals surface area contributed by atoms with Crippen LogP contribution in [0.1, 0.15) is 41.5 Å². The topological polar surface area (TPSA) is 90.9 Å². The molecular formula is C22H31NO6Si. The highest BCUT2D eigenvalue weighted by molar-refractivity contribution is 6.48. The monoisotopic (exact) mass is 433 g/mol. The Labute approximate surface area is 179 Å². The van der Waals surface area contributed by atoms with Crippen LogP contribution in [0.4, 0.5) is 0 Å². The summed E-state index contributed by atoms with van der Waals surface area (Å²) >= 11 is 0. The molecule has 7 nitrogen and oxygen atoms in total. The Morgan fingerprint density at radius 2 is 2.00 bits per heavy atom. The van der Waals surface area contributed by atoms with E-state index in [-0.39, 0.29) is 41.6 Å². The zero-order chi connectivity index (χ0) is 22.2. The van der Waals surface area contributed by atoms with Crippen molar-refractivity contribution in [3.8, 4) is 5.75 Å². The molecular weight excluding hydrogens is 402 g/mol. The van der Waals surface area contributed by atoms with Gasteiger partial charge in [-0.3, -0.25) is 9.59 Å². The van der Waals surface area contributed by atoms with Crippen LogP contribution in [0.3, 0.4) is 0 Å². The first kappa shape index (κ1) is 22.5. The van der Waals surface area contributed by atoms with Crippen LogP contribution in [0, 0.1) is 23.2 Å². The molecule has 164 valence electrons. The summed E-state index contributed by atoms with van der Waals surface area (Å²) in [5.74, 6) is -1.06. The normalized spacial score (nSPS) is 24.4. The summed E-state index contributed by atoms with van der Waals surface area (Å²) in [6.07, 6.45) is 0. The highest BCUT2D eigenvalue weighted by Crippen LogP contribution is 2.42. The molecule has 0 aliphatic carbocycles. The van der Waals surface area contributed by atoms with Crippen molar-refractivity contribution in [3.63, 3.8) is 0 Å². The van der Waals surface area contributed by atoms with Gasteiger partial charge >= 0.3 is 5.97 Å². The maximum atomic E-state index is 13.3. The SMILES string of the molecule is COC(=O)c1ccc2c(c1)C(=O)[C@H]([C@H]1NC(=O)[C@H]1[C@@H](CO[SiH](C)C)C(C)(C)C)CO2. The van der Waals surface area contributed by atoms with Gasteiger partial charge in [0, 0.05) is 6.61 Å². The second-order valence-electron chi connectivity index (χ2n) is 9.40. The Kier molecular flexibility index (Phi) is 6.38. The van der Waals surface area contributed by atoms with E-state index < -0.39 is 20.9 Å². The molecule has 0 unspecified atom stereocenters. The van der Waals surface area contributed by atoms with Crippen molar-refractivity contribution in [2.24, 2.45) is 23.2 Å². The number of methoxy groups -OCH3 is 1. The van der Waals surface area contributed by atoms with Crippen LogP contribution in [0.25, 0.3) is 0 Å². The Hall–Kier alpha value is -2.19. The number of amides is 1. The van der Waals surface area contributed by atoms with Gasteiger partial charge in [-0.05, 0) is 42.6 Å². The Morgan fingerprint density at radius 1 is 1.30 bits per heavy atom. The summed E-state index contributed by atoms with van der Waals surface area (Å²) in [4.78, 5) is 37.7. The van der Waals surface area contributed by atoms with Crippen LogP contribution in [-0.4, -0.2) is 53.1 Å². The number of carbonyl (C=O) groups excluding carboxylic acids is 3. The summed E-state index contributed by atoms with van der Waals surface area (Å²) in [5, 5.41) is 2.94. The standard InChI is InChI=1S/C22H31NO6Si/c1-22(2,3)15(11-29-30(5)6)17-18(23-20(17)25)14-10-28-16-8-7-12(21(26)27-4)9-13(16)19(14)24/h7-9,14-15,17-18,30H,10-11H2,1-6H3,(H,23,25)/t14-,15+,17-,18+/m0/s1. The molecule has 2 aliphatic heterocycles. The van der Waals surface area contributed by atoms with E-state index in [9.17, 15) is 14.4 Å². The molecule has 3 rings (SSSR count). The van der Waals surface area contributed by atoms with Gasteiger partial charge in [-0.15, -0.1) is 0 Å². The quantitative estimate of drug-likeness (QED) is 0.421. The smallest absolute Gasteiger partial charge is 0.337 e. The van der Waals surface area contributed by atoms with Gasteiger partial charge in [0.15, 0.2) is 14.8 Å². The lowest BCUT2D eigenvalue weighted by atomic mass is 9.64. The average molecular weight is 434 g/mol. The predicted octanol–water partition coefficient (Wildman–Crippen LogP) is 2.44. The number of carbonyl (C=O) groups is 3. The Bertz CT molecular complexity index is 847. The summed E-state index contributed by atoms with van der Waals surface area (Å²) < 4.78 is 16.6. The Morgan fingerprint density at radius 3 is 2.57 bits per heavy atom. The first-order valence-electron chi connectivity index (χ1n) is 10.4. The fourth-order valence-corrected chi connectivity index (χ4v) is 4.80. The van der Waals surface area contributed by atoms with E-state index in [1.807, 2.05) is 0 Å². The molecule has 4 atom stereocenters. The summed E-state index contributed by atoms with van der Waals surface area (Å²) in [5.41, 5.74) is 0.497. The van der Waals surface area contributed by atoms with Gasteiger partial charge < -0.3 is 19.2 Å². The van der Waals surface area contributed by atoms with E-state index in [1.54, 1.807) is 12.1 Å². The number of hydrogen-bond acceptors (Lipinski definition) is 6. The maximum absolute atomic E-state index is 13.3. The number of esters is 1. The van der Waals surface area contributed by atoms with Crippen LogP contribution in [0.5, 0.6) is 5.75 Å². The van der Waals surface area contributed by atoms with E-state index in [0.29, 0.717) is 23.5 Å². The lowest BCUT2D eigenvalue weighted by molar-refractivity contribution is -0.144. The highest BCUT2D eigenvalue weighted by atomic mass is 28.3. The number of fused-ring (bicyclic) bond motifs is 1. The maximum Gasteiger partial charge on any atom is 0.337 e. The molecule has 0 saturated carbocycles. The molecule has 8 heteroatoms. The van der Waals surface area contributed by atoms with Crippen molar-refractivity contribution in [2.45, 2.75) is 39.9 Å². The van der Waals surface area contributed by atoms with Crippen LogP contribution >= 0.6 is 0 Å². The highest BCUT2D eigenvalue weighted by Gasteiger charge is 2.54. The van der Waals surface area contributed by atoms with Gasteiger partial charge in [0.1, 0.15) is 12.4 Å². The van der Waals surface area contributed by atoms with Crippen molar-refractivity contribution in [2.75, 3.05) is 20.3 Å². The second kappa shape index (κ2) is 8.51. The average Bonchev–Trinajstić information content (AvgIpc) is 2.68. The first-order valence-corrected chi connectivity index (χ1v) is 13.1. The number of Topliss-reactive ketones (excluding diaryl/α,β-unsaturated/α-hetero) is 1. The van der Waals surface area contributed by atoms with E-state index in [1.165, 1.54) is 13.2 Å². The lowest BCUT2D eigenvalue weighted by Crippen LogP contribution is -2.68. The molecule has 1 saturated heterocycles. The number of nitrogens with one attached hydrogen (secondary N) is 1.